The molecule has 1 aromatic heterocycles. The number of anilines is 1. The van der Waals surface area contributed by atoms with E-state index in [1.807, 2.05) is 0 Å². The van der Waals surface area contributed by atoms with Gasteiger partial charge in [0.15, 0.2) is 0 Å². The summed E-state index contributed by atoms with van der Waals surface area (Å²) in [6.45, 7) is 4.79. The molecule has 1 aliphatic heterocycles. The Labute approximate surface area is 134 Å². The minimum absolute atomic E-state index is 0.0547. The van der Waals surface area contributed by atoms with E-state index >= 15 is 0 Å². The summed E-state index contributed by atoms with van der Waals surface area (Å²) in [5.41, 5.74) is -0.699. The molecule has 6 nitrogen and oxygen atoms in total. The highest BCUT2D eigenvalue weighted by Crippen LogP contribution is 2.33. The molecule has 2 heterocycles. The average Bonchev–Trinajstić information content (AvgIpc) is 2.44. The molecule has 0 aliphatic carbocycles. The number of carbonyl (C=O) groups is 1. The maximum Gasteiger partial charge on any atom is 0.410 e. The number of hydrogen-bond donors (Lipinski definition) is 1. The van der Waals surface area contributed by atoms with E-state index in [1.165, 1.54) is 0 Å². The van der Waals surface area contributed by atoms with Crippen LogP contribution in [0.15, 0.2) is 18.5 Å². The maximum atomic E-state index is 14.3. The van der Waals surface area contributed by atoms with E-state index in [2.05, 4.69) is 15.3 Å². The summed E-state index contributed by atoms with van der Waals surface area (Å²) in [4.78, 5) is 20.9. The third-order valence-corrected chi connectivity index (χ3v) is 3.47. The van der Waals surface area contributed by atoms with E-state index in [0.717, 1.165) is 4.90 Å². The van der Waals surface area contributed by atoms with E-state index in [1.54, 1.807) is 39.2 Å². The molecule has 1 atom stereocenters. The molecule has 1 aliphatic rings. The predicted octanol–water partition coefficient (Wildman–Crippen LogP) is 2.78. The summed E-state index contributed by atoms with van der Waals surface area (Å²) in [5.74, 6) is -3.56. The Kier molecular flexibility index (Phi) is 5.01. The molecule has 0 bridgehead atoms. The van der Waals surface area contributed by atoms with Gasteiger partial charge in [-0.15, -0.1) is 0 Å². The Balaban J connectivity index is 1.91. The van der Waals surface area contributed by atoms with Crippen LogP contribution < -0.4 is 5.32 Å². The van der Waals surface area contributed by atoms with Crippen LogP contribution in [-0.4, -0.2) is 52.1 Å². The third-order valence-electron chi connectivity index (χ3n) is 3.47. The number of aromatic nitrogens is 2. The molecule has 23 heavy (non-hydrogen) atoms. The number of piperidine rings is 1. The Bertz CT molecular complexity index is 534. The first-order chi connectivity index (χ1) is 10.7. The summed E-state index contributed by atoms with van der Waals surface area (Å²) in [6.07, 6.45) is 2.57. The topological polar surface area (TPSA) is 67.3 Å². The Morgan fingerprint density at radius 3 is 2.65 bits per heavy atom. The number of alkyl halides is 2. The number of carbonyl (C=O) groups excluding carboxylic acids is 1. The fraction of sp³-hybridized carbons (Fsp3) is 0.667. The maximum absolute atomic E-state index is 14.3. The van der Waals surface area contributed by atoms with Crippen LogP contribution in [0.2, 0.25) is 0 Å². The van der Waals surface area contributed by atoms with Crippen molar-refractivity contribution in [2.75, 3.05) is 25.0 Å². The Morgan fingerprint density at radius 1 is 1.43 bits per heavy atom. The van der Waals surface area contributed by atoms with Gasteiger partial charge >= 0.3 is 6.09 Å². The largest absolute Gasteiger partial charge is 0.444 e. The Morgan fingerprint density at radius 2 is 2.09 bits per heavy atom. The number of rotatable bonds is 3. The number of nitrogens with one attached hydrogen (secondary N) is 1. The number of amides is 1. The molecule has 2 rings (SSSR count). The second-order valence-electron chi connectivity index (χ2n) is 6.60. The second kappa shape index (κ2) is 6.64. The number of nitrogens with zero attached hydrogens (tertiary/aromatic N) is 3. The highest BCUT2D eigenvalue weighted by molar-refractivity contribution is 5.68. The van der Waals surface area contributed by atoms with Gasteiger partial charge in [-0.3, -0.25) is 0 Å². The van der Waals surface area contributed by atoms with Gasteiger partial charge < -0.3 is 15.0 Å². The summed E-state index contributed by atoms with van der Waals surface area (Å²) >= 11 is 0. The van der Waals surface area contributed by atoms with Gasteiger partial charge in [0.2, 0.25) is 5.95 Å². The molecule has 0 unspecified atom stereocenters. The Hall–Kier alpha value is -1.99. The molecule has 0 spiro atoms. The molecule has 0 saturated carbocycles. The van der Waals surface area contributed by atoms with Crippen molar-refractivity contribution in [1.82, 2.24) is 14.9 Å². The van der Waals surface area contributed by atoms with Crippen molar-refractivity contribution >= 4 is 12.0 Å². The highest BCUT2D eigenvalue weighted by atomic mass is 19.3. The van der Waals surface area contributed by atoms with Gasteiger partial charge in [-0.25, -0.2) is 23.5 Å². The molecule has 1 saturated heterocycles. The lowest BCUT2D eigenvalue weighted by Gasteiger charge is -2.38. The summed E-state index contributed by atoms with van der Waals surface area (Å²) in [7, 11) is 0. The van der Waals surface area contributed by atoms with Gasteiger partial charge in [0.25, 0.3) is 5.92 Å². The van der Waals surface area contributed by atoms with Crippen molar-refractivity contribution in [2.24, 2.45) is 5.92 Å². The molecular weight excluding hydrogens is 306 g/mol. The standard InChI is InChI=1S/C15H22F2N4O2/c1-14(2,3)23-13(22)21-8-5-11(15(16,17)10-21)9-20-12-18-6-4-7-19-12/h4,6-7,11H,5,8-10H2,1-3H3,(H,18,19,20)/t11-/m0/s1. The quantitative estimate of drug-likeness (QED) is 0.924. The fourth-order valence-corrected chi connectivity index (χ4v) is 2.32. The van der Waals surface area contributed by atoms with E-state index in [-0.39, 0.29) is 19.5 Å². The van der Waals surface area contributed by atoms with E-state index in [0.29, 0.717) is 5.95 Å². The van der Waals surface area contributed by atoms with Crippen LogP contribution in [0.1, 0.15) is 27.2 Å². The number of halogens is 2. The van der Waals surface area contributed by atoms with E-state index < -0.39 is 30.1 Å². The lowest BCUT2D eigenvalue weighted by Crippen LogP contribution is -2.53. The molecular formula is C15H22F2N4O2. The van der Waals surface area contributed by atoms with Crippen LogP contribution in [0.25, 0.3) is 0 Å². The van der Waals surface area contributed by atoms with Gasteiger partial charge in [-0.2, -0.15) is 0 Å². The zero-order chi connectivity index (χ0) is 17.1. The van der Waals surface area contributed by atoms with Crippen LogP contribution in [0.5, 0.6) is 0 Å². The molecule has 1 N–H and O–H groups in total. The normalized spacial score (nSPS) is 20.9. The number of likely N-dealkylation sites (tertiary alicyclic amines) is 1. The van der Waals surface area contributed by atoms with Gasteiger partial charge in [-0.1, -0.05) is 0 Å². The highest BCUT2D eigenvalue weighted by Gasteiger charge is 2.46. The summed E-state index contributed by atoms with van der Waals surface area (Å²) in [6, 6.07) is 1.65. The zero-order valence-electron chi connectivity index (χ0n) is 13.6. The minimum Gasteiger partial charge on any atom is -0.444 e. The lowest BCUT2D eigenvalue weighted by molar-refractivity contribution is -0.106. The van der Waals surface area contributed by atoms with Crippen LogP contribution in [0.4, 0.5) is 19.5 Å². The lowest BCUT2D eigenvalue weighted by atomic mass is 9.93. The van der Waals surface area contributed by atoms with Crippen LogP contribution in [0.3, 0.4) is 0 Å². The third kappa shape index (κ3) is 5.01. The van der Waals surface area contributed by atoms with E-state index in [9.17, 15) is 13.6 Å². The number of hydrogen-bond acceptors (Lipinski definition) is 5. The second-order valence-corrected chi connectivity index (χ2v) is 6.60. The summed E-state index contributed by atoms with van der Waals surface area (Å²) in [5, 5.41) is 2.82. The van der Waals surface area contributed by atoms with E-state index in [4.69, 9.17) is 4.74 Å². The van der Waals surface area contributed by atoms with Gasteiger partial charge in [0.1, 0.15) is 5.60 Å². The van der Waals surface area contributed by atoms with Gasteiger partial charge in [0, 0.05) is 31.4 Å². The van der Waals surface area contributed by atoms with Crippen molar-refractivity contribution < 1.29 is 18.3 Å². The SMILES string of the molecule is CC(C)(C)OC(=O)N1CC[C@@H](CNc2ncccn2)C(F)(F)C1. The minimum atomic E-state index is -2.99. The van der Waals surface area contributed by atoms with Crippen molar-refractivity contribution in [3.8, 4) is 0 Å². The molecule has 1 fully saturated rings. The first-order valence-electron chi connectivity index (χ1n) is 7.54. The van der Waals surface area contributed by atoms with Crippen LogP contribution in [0, 0.1) is 5.92 Å². The van der Waals surface area contributed by atoms with Crippen LogP contribution >= 0.6 is 0 Å². The van der Waals surface area contributed by atoms with Crippen molar-refractivity contribution in [3.05, 3.63) is 18.5 Å². The first-order valence-corrected chi connectivity index (χ1v) is 7.54. The van der Waals surface area contributed by atoms with Crippen molar-refractivity contribution in [3.63, 3.8) is 0 Å². The monoisotopic (exact) mass is 328 g/mol. The first kappa shape index (κ1) is 17.4. The predicted molar refractivity (Wildman–Crippen MR) is 81.4 cm³/mol. The molecule has 1 aromatic rings. The molecule has 128 valence electrons. The molecule has 1 amide bonds. The van der Waals surface area contributed by atoms with Crippen LogP contribution in [-0.2, 0) is 4.74 Å². The molecule has 0 aromatic carbocycles. The smallest absolute Gasteiger partial charge is 0.410 e. The summed E-state index contributed by atoms with van der Waals surface area (Å²) < 4.78 is 33.7. The average molecular weight is 328 g/mol. The van der Waals surface area contributed by atoms with Gasteiger partial charge in [0.05, 0.1) is 6.54 Å². The van der Waals surface area contributed by atoms with Crippen molar-refractivity contribution in [2.45, 2.75) is 38.7 Å². The molecule has 8 heteroatoms. The number of ether oxygens (including phenoxy) is 1. The van der Waals surface area contributed by atoms with Gasteiger partial charge in [-0.05, 0) is 33.3 Å². The molecule has 0 radical (unpaired) electrons. The zero-order valence-corrected chi connectivity index (χ0v) is 13.6. The fourth-order valence-electron chi connectivity index (χ4n) is 2.32. The van der Waals surface area contributed by atoms with Crippen molar-refractivity contribution in [1.29, 1.82) is 0 Å².